The molecule has 7 aromatic rings. The van der Waals surface area contributed by atoms with E-state index < -0.39 is 149 Å². The Labute approximate surface area is 654 Å². The third kappa shape index (κ3) is 21.7. The SMILES string of the molecule is CNC(C)C(=O)NC(C(=O)N1CC2CC1C(=O)NC(Cc1ccc3ccccc3c1)C(=O)NC(c1n[nH]oc1=O)Cc1ccc(cc1)OCC(=N)CN(NC)C1CC(C(=O)NC(Cc3ccc4ccccc4c3)C(=O)NC(C(=O)O)Cc3ccc(cc3)OCC(N=N)C=N2)N(C(=O)C(NC(=O)C(C)NC)C(C)(C)C)C1)C(C)C. The van der Waals surface area contributed by atoms with Crippen LogP contribution in [-0.4, -0.2) is 222 Å². The Hall–Kier alpha value is -11.6. The van der Waals surface area contributed by atoms with Crippen LogP contribution in [-0.2, 0) is 68.8 Å². The van der Waals surface area contributed by atoms with Gasteiger partial charge in [-0.2, -0.15) is 5.11 Å². The number of aliphatic carboxylic acids is 1. The van der Waals surface area contributed by atoms with E-state index in [1.807, 2.05) is 78.9 Å². The molecule has 32 heteroatoms. The third-order valence-corrected chi connectivity index (χ3v) is 20.8. The van der Waals surface area contributed by atoms with Crippen molar-refractivity contribution in [2.75, 3.05) is 54.0 Å². The molecule has 2 fully saturated rings. The number of aromatic nitrogens is 2. The van der Waals surface area contributed by atoms with Crippen LogP contribution in [0.4, 0.5) is 0 Å². The van der Waals surface area contributed by atoms with Crippen LogP contribution in [0.25, 0.3) is 21.5 Å². The first-order chi connectivity index (χ1) is 54.0. The Morgan fingerprint density at radius 3 is 1.69 bits per heavy atom. The van der Waals surface area contributed by atoms with Gasteiger partial charge < -0.3 is 76.8 Å². The van der Waals surface area contributed by atoms with Gasteiger partial charge >= 0.3 is 11.6 Å². The van der Waals surface area contributed by atoms with Gasteiger partial charge in [0, 0.05) is 51.0 Å². The summed E-state index contributed by atoms with van der Waals surface area (Å²) in [6.07, 6.45) is 0.780. The van der Waals surface area contributed by atoms with Crippen LogP contribution in [0, 0.1) is 22.3 Å². The van der Waals surface area contributed by atoms with Gasteiger partial charge in [0.1, 0.15) is 73.0 Å². The number of hydrogen-bond acceptors (Lipinski definition) is 22. The molecular weight excluding hydrogens is 1450 g/mol. The molecule has 0 aliphatic carbocycles. The van der Waals surface area contributed by atoms with Gasteiger partial charge in [-0.15, -0.1) is 10.4 Å². The number of hydrazine groups is 1. The normalized spacial score (nSPS) is 22.6. The summed E-state index contributed by atoms with van der Waals surface area (Å²) in [7, 11) is 4.84. The van der Waals surface area contributed by atoms with E-state index in [4.69, 9.17) is 24.5 Å². The van der Waals surface area contributed by atoms with Gasteiger partial charge in [0.2, 0.25) is 47.3 Å². The first-order valence-electron chi connectivity index (χ1n) is 37.8. The summed E-state index contributed by atoms with van der Waals surface area (Å²) in [6.45, 7) is 11.3. The Balaban J connectivity index is 0.991. The van der Waals surface area contributed by atoms with Crippen molar-refractivity contribution in [1.29, 1.82) is 10.9 Å². The van der Waals surface area contributed by atoms with Crippen LogP contribution in [0.1, 0.15) is 95.3 Å². The molecule has 113 heavy (non-hydrogen) atoms. The van der Waals surface area contributed by atoms with Crippen molar-refractivity contribution in [1.82, 2.24) is 73.1 Å². The van der Waals surface area contributed by atoms with E-state index in [0.717, 1.165) is 21.5 Å². The molecule has 32 nitrogen and oxygen atoms in total. The molecule has 0 saturated carbocycles. The van der Waals surface area contributed by atoms with Crippen molar-refractivity contribution in [2.45, 2.75) is 166 Å². The number of carbonyl (C=O) groups is 9. The number of nitrogens with one attached hydrogen (secondary N) is 12. The Kier molecular flexibility index (Phi) is 28.3. The highest BCUT2D eigenvalue weighted by Gasteiger charge is 2.48. The summed E-state index contributed by atoms with van der Waals surface area (Å²) in [4.78, 5) is 152. The minimum Gasteiger partial charge on any atom is -0.491 e. The number of aliphatic imine (C=N–C) groups is 1. The highest BCUT2D eigenvalue weighted by atomic mass is 16.5. The van der Waals surface area contributed by atoms with E-state index in [-0.39, 0.29) is 82.8 Å². The van der Waals surface area contributed by atoms with Gasteiger partial charge in [-0.1, -0.05) is 144 Å². The lowest BCUT2D eigenvalue weighted by Crippen LogP contribution is -2.61. The van der Waals surface area contributed by atoms with Crippen LogP contribution in [0.3, 0.4) is 0 Å². The second-order valence-corrected chi connectivity index (χ2v) is 30.4. The standard InChI is InChI=1S/C81H102N18O14/c1-45(2)68(92-71(100)46(3)84-8)77(106)97-41-57-37-66(97)75(104)89-63(35-50-19-25-52-15-11-13-17-54(52)31-50)73(102)88-62(69-80(110)113-96-95-69)33-48-21-27-60(28-22-48)111-43-56(82)40-99(86-10)59-38-67(98(42-59)78(107)70(81(5,6)7)93-72(101)47(4)85-9)76(105)90-64(36-51-20-26-53-16-12-14-18-55(53)32-51)74(103)91-65(79(108)109)34-49-23-29-61(30-24-49)112-44-58(94-83)39-87-57/h11-32,39,45-47,57-59,62-68,70,82-86,96H,33-38,40-44H2,1-10H3,(H,88,102)(H,89,104)(H,90,105)(H,91,103)(H,92,100)(H,93,101)(H,108,109). The highest BCUT2D eigenvalue weighted by Crippen LogP contribution is 2.31. The number of aromatic amines is 1. The maximum atomic E-state index is 15.4. The lowest BCUT2D eigenvalue weighted by molar-refractivity contribution is -0.145. The number of fused-ring (bicyclic) bond motifs is 2. The Morgan fingerprint density at radius 2 is 1.17 bits per heavy atom. The van der Waals surface area contributed by atoms with E-state index in [1.54, 1.807) is 129 Å². The molecule has 13 atom stereocenters. The first kappa shape index (κ1) is 83.9. The van der Waals surface area contributed by atoms with Crippen LogP contribution in [0.5, 0.6) is 11.5 Å². The molecule has 8 bridgehead atoms. The summed E-state index contributed by atoms with van der Waals surface area (Å²) in [5.41, 5.74) is 11.7. The molecule has 1 aromatic heterocycles. The maximum Gasteiger partial charge on any atom is 0.383 e. The smallest absolute Gasteiger partial charge is 0.383 e. The number of ether oxygens (including phenoxy) is 2. The zero-order valence-electron chi connectivity index (χ0n) is 65.1. The van der Waals surface area contributed by atoms with Crippen LogP contribution in [0.15, 0.2) is 153 Å². The van der Waals surface area contributed by atoms with Crippen LogP contribution >= 0.6 is 0 Å². The molecule has 0 spiro atoms. The minimum atomic E-state index is -1.54. The molecule has 6 aliphatic rings. The molecule has 13 rings (SSSR count). The summed E-state index contributed by atoms with van der Waals surface area (Å²) in [6, 6.07) is 25.1. The largest absolute Gasteiger partial charge is 0.491 e. The Morgan fingerprint density at radius 1 is 0.637 bits per heavy atom. The number of benzene rings is 6. The summed E-state index contributed by atoms with van der Waals surface area (Å²) in [5.74, 6) is -6.40. The number of hydrogen-bond donors (Lipinski definition) is 13. The fourth-order valence-electron chi connectivity index (χ4n) is 14.1. The van der Waals surface area contributed by atoms with E-state index in [9.17, 15) is 34.5 Å². The van der Waals surface area contributed by atoms with E-state index in [0.29, 0.717) is 33.8 Å². The number of carbonyl (C=O) groups excluding carboxylic acids is 8. The van der Waals surface area contributed by atoms with Gasteiger partial charge in [-0.05, 0) is 127 Å². The minimum absolute atomic E-state index is 0.0396. The van der Waals surface area contributed by atoms with Crippen molar-refractivity contribution >= 4 is 86.7 Å². The second kappa shape index (κ2) is 38.1. The summed E-state index contributed by atoms with van der Waals surface area (Å²) < 4.78 is 17.3. The van der Waals surface area contributed by atoms with Gasteiger partial charge in [0.25, 0.3) is 0 Å². The molecule has 6 aromatic carbocycles. The van der Waals surface area contributed by atoms with Crippen LogP contribution < -0.4 is 63.1 Å². The predicted molar refractivity (Wildman–Crippen MR) is 422 cm³/mol. The Bertz CT molecular complexity index is 4680. The van der Waals surface area contributed by atoms with Gasteiger partial charge in [-0.3, -0.25) is 48.8 Å². The van der Waals surface area contributed by atoms with Crippen molar-refractivity contribution < 1.29 is 62.3 Å². The fourth-order valence-corrected chi connectivity index (χ4v) is 14.1. The lowest BCUT2D eigenvalue weighted by atomic mass is 9.85. The summed E-state index contributed by atoms with van der Waals surface area (Å²) >= 11 is 0. The van der Waals surface area contributed by atoms with E-state index in [1.165, 1.54) is 16.0 Å². The quantitative estimate of drug-likeness (QED) is 0.0576. The van der Waals surface area contributed by atoms with Crippen molar-refractivity contribution in [3.8, 4) is 11.5 Å². The lowest BCUT2D eigenvalue weighted by Gasteiger charge is -2.36. The van der Waals surface area contributed by atoms with E-state index >= 15 is 24.0 Å². The molecule has 6 aliphatic heterocycles. The zero-order valence-corrected chi connectivity index (χ0v) is 65.1. The number of carboxylic acids is 1. The second-order valence-electron chi connectivity index (χ2n) is 30.4. The van der Waals surface area contributed by atoms with Crippen LogP contribution in [0.2, 0.25) is 0 Å². The van der Waals surface area contributed by atoms with Gasteiger partial charge in [0.15, 0.2) is 5.69 Å². The molecule has 2 saturated heterocycles. The number of likely N-dealkylation sites (tertiary alicyclic amines) is 2. The number of carboxylic acid groups (broad SMARTS) is 1. The number of rotatable bonds is 17. The number of nitrogens with zero attached hydrogens (tertiary/aromatic N) is 6. The fraction of sp³-hybridized carbons (Fsp3) is 0.444. The zero-order chi connectivity index (χ0) is 81.4. The third-order valence-electron chi connectivity index (χ3n) is 20.8. The molecule has 13 unspecified atom stereocenters. The number of H-pyrrole nitrogens is 1. The van der Waals surface area contributed by atoms with Gasteiger partial charge in [0.05, 0.1) is 36.4 Å². The molecule has 0 radical (unpaired) electrons. The van der Waals surface area contributed by atoms with E-state index in [2.05, 4.69) is 63.4 Å². The molecule has 13 N–H and O–H groups in total. The maximum absolute atomic E-state index is 15.4. The first-order valence-corrected chi connectivity index (χ1v) is 37.8. The number of amides is 8. The average molecular weight is 1550 g/mol. The molecule has 8 amide bonds. The highest BCUT2D eigenvalue weighted by molar-refractivity contribution is 5.98. The van der Waals surface area contributed by atoms with Crippen molar-refractivity contribution in [3.63, 3.8) is 0 Å². The van der Waals surface area contributed by atoms with Crippen molar-refractivity contribution in [2.24, 2.45) is 21.4 Å². The summed E-state index contributed by atoms with van der Waals surface area (Å²) in [5, 5.41) is 58.4. The predicted octanol–water partition coefficient (Wildman–Crippen LogP) is 3.86. The molecule has 7 heterocycles. The van der Waals surface area contributed by atoms with Crippen molar-refractivity contribution in [3.05, 3.63) is 172 Å². The monoisotopic (exact) mass is 1550 g/mol. The molecule has 600 valence electrons. The molecular formula is C81H102N18O14. The number of likely N-dealkylation sites (N-methyl/N-ethyl adjacent to an activating group) is 2. The van der Waals surface area contributed by atoms with Gasteiger partial charge in [-0.25, -0.2) is 20.1 Å². The topological polar surface area (TPSA) is 442 Å². The average Bonchev–Trinajstić information content (AvgIpc) is 1.67.